The number of piperidine rings is 1. The van der Waals surface area contributed by atoms with E-state index in [-0.39, 0.29) is 6.04 Å². The minimum Gasteiger partial charge on any atom is -0.354 e. The molecule has 1 aromatic heterocycles. The Bertz CT molecular complexity index is 449. The van der Waals surface area contributed by atoms with Crippen LogP contribution in [0.3, 0.4) is 0 Å². The van der Waals surface area contributed by atoms with E-state index in [4.69, 9.17) is 11.0 Å². The number of nitriles is 1. The molecule has 2 atom stereocenters. The van der Waals surface area contributed by atoms with Gasteiger partial charge in [-0.05, 0) is 31.4 Å². The van der Waals surface area contributed by atoms with Crippen molar-refractivity contribution in [1.29, 1.82) is 5.26 Å². The number of rotatable bonds is 1. The molecule has 1 fully saturated rings. The molecule has 1 aliphatic rings. The summed E-state index contributed by atoms with van der Waals surface area (Å²) in [4.78, 5) is 6.61. The first-order valence-corrected chi connectivity index (χ1v) is 6.00. The number of nitrogens with zero attached hydrogens (tertiary/aromatic N) is 3. The highest BCUT2D eigenvalue weighted by Gasteiger charge is 2.25. The van der Waals surface area contributed by atoms with Crippen LogP contribution in [-0.2, 0) is 0 Å². The summed E-state index contributed by atoms with van der Waals surface area (Å²) >= 11 is 0. The van der Waals surface area contributed by atoms with Crippen molar-refractivity contribution in [2.45, 2.75) is 26.3 Å². The van der Waals surface area contributed by atoms with Gasteiger partial charge in [-0.3, -0.25) is 0 Å². The molecule has 4 nitrogen and oxygen atoms in total. The Balaban J connectivity index is 2.28. The molecular weight excluding hydrogens is 212 g/mol. The molecule has 2 unspecified atom stereocenters. The Labute approximate surface area is 102 Å². The van der Waals surface area contributed by atoms with E-state index in [0.717, 1.165) is 31.0 Å². The van der Waals surface area contributed by atoms with Crippen molar-refractivity contribution in [2.24, 2.45) is 11.7 Å². The van der Waals surface area contributed by atoms with Crippen LogP contribution in [0.25, 0.3) is 0 Å². The largest absolute Gasteiger partial charge is 0.354 e. The summed E-state index contributed by atoms with van der Waals surface area (Å²) in [6.07, 6.45) is 1.06. The molecule has 0 aromatic carbocycles. The average Bonchev–Trinajstić information content (AvgIpc) is 2.32. The fourth-order valence-corrected chi connectivity index (χ4v) is 2.16. The van der Waals surface area contributed by atoms with Crippen LogP contribution in [0.2, 0.25) is 0 Å². The summed E-state index contributed by atoms with van der Waals surface area (Å²) in [5.74, 6) is 1.33. The van der Waals surface area contributed by atoms with Crippen LogP contribution < -0.4 is 10.6 Å². The quantitative estimate of drug-likeness (QED) is 0.792. The van der Waals surface area contributed by atoms with Crippen molar-refractivity contribution < 1.29 is 0 Å². The van der Waals surface area contributed by atoms with E-state index < -0.39 is 0 Å². The average molecular weight is 230 g/mol. The number of aromatic nitrogens is 1. The fourth-order valence-electron chi connectivity index (χ4n) is 2.16. The molecule has 0 spiro atoms. The minimum atomic E-state index is 0.164. The molecule has 2 heterocycles. The van der Waals surface area contributed by atoms with Crippen LogP contribution in [0.1, 0.15) is 24.6 Å². The molecule has 1 saturated heterocycles. The second kappa shape index (κ2) is 4.72. The molecule has 0 amide bonds. The second-order valence-corrected chi connectivity index (χ2v) is 4.81. The SMILES string of the molecule is Cc1ccc(C#N)c(N2CCC(C)C(N)C2)n1. The zero-order chi connectivity index (χ0) is 12.4. The van der Waals surface area contributed by atoms with Crippen LogP contribution in [0, 0.1) is 24.2 Å². The van der Waals surface area contributed by atoms with E-state index in [1.165, 1.54) is 0 Å². The normalized spacial score (nSPS) is 24.5. The van der Waals surface area contributed by atoms with Gasteiger partial charge in [-0.2, -0.15) is 5.26 Å². The van der Waals surface area contributed by atoms with Crippen LogP contribution in [0.4, 0.5) is 5.82 Å². The fraction of sp³-hybridized carbons (Fsp3) is 0.538. The van der Waals surface area contributed by atoms with Gasteiger partial charge in [0.05, 0.1) is 5.56 Å². The van der Waals surface area contributed by atoms with Gasteiger partial charge >= 0.3 is 0 Å². The Morgan fingerprint density at radius 2 is 2.29 bits per heavy atom. The topological polar surface area (TPSA) is 65.9 Å². The predicted octanol–water partition coefficient (Wildman–Crippen LogP) is 1.44. The van der Waals surface area contributed by atoms with E-state index in [2.05, 4.69) is 22.9 Å². The Kier molecular flexibility index (Phi) is 3.30. The van der Waals surface area contributed by atoms with Crippen molar-refractivity contribution in [3.8, 4) is 6.07 Å². The first-order valence-electron chi connectivity index (χ1n) is 6.00. The first-order chi connectivity index (χ1) is 8.11. The molecule has 0 bridgehead atoms. The number of pyridine rings is 1. The van der Waals surface area contributed by atoms with E-state index in [1.54, 1.807) is 0 Å². The summed E-state index contributed by atoms with van der Waals surface area (Å²) in [6, 6.07) is 6.07. The zero-order valence-corrected chi connectivity index (χ0v) is 10.3. The summed E-state index contributed by atoms with van der Waals surface area (Å²) < 4.78 is 0. The highest BCUT2D eigenvalue weighted by Crippen LogP contribution is 2.23. The van der Waals surface area contributed by atoms with Crippen LogP contribution >= 0.6 is 0 Å². The van der Waals surface area contributed by atoms with Gasteiger partial charge in [-0.1, -0.05) is 6.92 Å². The third-order valence-corrected chi connectivity index (χ3v) is 3.45. The summed E-state index contributed by atoms with van der Waals surface area (Å²) in [6.45, 7) is 5.83. The lowest BCUT2D eigenvalue weighted by Crippen LogP contribution is -2.48. The van der Waals surface area contributed by atoms with Crippen LogP contribution in [-0.4, -0.2) is 24.1 Å². The Morgan fingerprint density at radius 3 is 2.94 bits per heavy atom. The van der Waals surface area contributed by atoms with Gasteiger partial charge in [0, 0.05) is 24.8 Å². The molecule has 2 rings (SSSR count). The van der Waals surface area contributed by atoms with Gasteiger partial charge in [0.1, 0.15) is 11.9 Å². The summed E-state index contributed by atoms with van der Waals surface area (Å²) in [5.41, 5.74) is 7.66. The highest BCUT2D eigenvalue weighted by molar-refractivity contribution is 5.54. The van der Waals surface area contributed by atoms with Crippen molar-refractivity contribution in [1.82, 2.24) is 4.98 Å². The number of anilines is 1. The third kappa shape index (κ3) is 2.40. The molecule has 4 heteroatoms. The van der Waals surface area contributed by atoms with E-state index in [9.17, 15) is 0 Å². The van der Waals surface area contributed by atoms with Gasteiger partial charge < -0.3 is 10.6 Å². The molecule has 1 aromatic rings. The van der Waals surface area contributed by atoms with E-state index >= 15 is 0 Å². The first kappa shape index (κ1) is 11.9. The molecular formula is C13H18N4. The zero-order valence-electron chi connectivity index (χ0n) is 10.3. The molecule has 2 N–H and O–H groups in total. The maximum absolute atomic E-state index is 9.11. The number of hydrogen-bond donors (Lipinski definition) is 1. The van der Waals surface area contributed by atoms with Gasteiger partial charge in [0.2, 0.25) is 0 Å². The maximum Gasteiger partial charge on any atom is 0.146 e. The molecule has 90 valence electrons. The van der Waals surface area contributed by atoms with E-state index in [0.29, 0.717) is 11.5 Å². The maximum atomic E-state index is 9.11. The number of aryl methyl sites for hydroxylation is 1. The minimum absolute atomic E-state index is 0.164. The van der Waals surface area contributed by atoms with Crippen molar-refractivity contribution >= 4 is 5.82 Å². The lowest BCUT2D eigenvalue weighted by molar-refractivity contribution is 0.378. The predicted molar refractivity (Wildman–Crippen MR) is 67.7 cm³/mol. The molecule has 0 aliphatic carbocycles. The monoisotopic (exact) mass is 230 g/mol. The van der Waals surface area contributed by atoms with Crippen molar-refractivity contribution in [3.05, 3.63) is 23.4 Å². The lowest BCUT2D eigenvalue weighted by Gasteiger charge is -2.36. The molecule has 0 saturated carbocycles. The summed E-state index contributed by atoms with van der Waals surface area (Å²) in [5, 5.41) is 9.11. The lowest BCUT2D eigenvalue weighted by atomic mass is 9.94. The second-order valence-electron chi connectivity index (χ2n) is 4.81. The van der Waals surface area contributed by atoms with Gasteiger partial charge in [-0.15, -0.1) is 0 Å². The van der Waals surface area contributed by atoms with E-state index in [1.807, 2.05) is 19.1 Å². The van der Waals surface area contributed by atoms with Gasteiger partial charge in [0.25, 0.3) is 0 Å². The molecule has 0 radical (unpaired) electrons. The van der Waals surface area contributed by atoms with Gasteiger partial charge in [-0.25, -0.2) is 4.98 Å². The smallest absolute Gasteiger partial charge is 0.146 e. The van der Waals surface area contributed by atoms with Crippen molar-refractivity contribution in [2.75, 3.05) is 18.0 Å². The Hall–Kier alpha value is -1.60. The molecule has 17 heavy (non-hydrogen) atoms. The highest BCUT2D eigenvalue weighted by atomic mass is 15.2. The standard InChI is InChI=1S/C13H18N4/c1-9-5-6-17(8-12(9)15)13-11(7-14)4-3-10(2)16-13/h3-4,9,12H,5-6,8,15H2,1-2H3. The summed E-state index contributed by atoms with van der Waals surface area (Å²) in [7, 11) is 0. The third-order valence-electron chi connectivity index (χ3n) is 3.45. The number of hydrogen-bond acceptors (Lipinski definition) is 4. The Morgan fingerprint density at radius 1 is 1.53 bits per heavy atom. The van der Waals surface area contributed by atoms with Crippen LogP contribution in [0.5, 0.6) is 0 Å². The molecule has 1 aliphatic heterocycles. The van der Waals surface area contributed by atoms with Crippen LogP contribution in [0.15, 0.2) is 12.1 Å². The number of nitrogens with two attached hydrogens (primary N) is 1. The van der Waals surface area contributed by atoms with Gasteiger partial charge in [0.15, 0.2) is 0 Å². The van der Waals surface area contributed by atoms with Crippen molar-refractivity contribution in [3.63, 3.8) is 0 Å².